The summed E-state index contributed by atoms with van der Waals surface area (Å²) in [4.78, 5) is 39.2. The Morgan fingerprint density at radius 1 is 1.09 bits per heavy atom. The van der Waals surface area contributed by atoms with Crippen LogP contribution < -0.4 is 5.32 Å². The third-order valence-electron chi connectivity index (χ3n) is 7.49. The van der Waals surface area contributed by atoms with Crippen LogP contribution in [0, 0.1) is 11.3 Å². The first-order chi connectivity index (χ1) is 16.3. The zero-order valence-corrected chi connectivity index (χ0v) is 19.9. The second kappa shape index (κ2) is 9.49. The molecule has 0 aromatic heterocycles. The molecule has 2 atom stereocenters. The molecule has 2 aromatic rings. The number of hydrogen-bond donors (Lipinski definition) is 2. The number of fused-ring (bicyclic) bond motifs is 3. The van der Waals surface area contributed by atoms with Crippen molar-refractivity contribution in [2.24, 2.45) is 11.3 Å². The summed E-state index contributed by atoms with van der Waals surface area (Å²) in [6, 6.07) is 15.5. The lowest BCUT2D eigenvalue weighted by Gasteiger charge is -2.29. The number of aliphatic carboxylic acids is 1. The van der Waals surface area contributed by atoms with E-state index in [0.29, 0.717) is 19.4 Å². The van der Waals surface area contributed by atoms with Gasteiger partial charge >= 0.3 is 12.1 Å². The topological polar surface area (TPSA) is 95.9 Å². The molecule has 34 heavy (non-hydrogen) atoms. The van der Waals surface area contributed by atoms with Crippen LogP contribution in [0.5, 0.6) is 0 Å². The normalized spacial score (nSPS) is 20.1. The quantitative estimate of drug-likeness (QED) is 0.638. The summed E-state index contributed by atoms with van der Waals surface area (Å²) < 4.78 is 5.59. The van der Waals surface area contributed by atoms with E-state index in [2.05, 4.69) is 29.6 Å². The maximum Gasteiger partial charge on any atom is 0.407 e. The Kier molecular flexibility index (Phi) is 6.64. The van der Waals surface area contributed by atoms with E-state index in [1.165, 1.54) is 0 Å². The third-order valence-corrected chi connectivity index (χ3v) is 7.49. The molecule has 1 unspecified atom stereocenters. The number of nitrogens with zero attached hydrogens (tertiary/aromatic N) is 1. The number of carboxylic acids is 1. The van der Waals surface area contributed by atoms with Crippen LogP contribution >= 0.6 is 0 Å². The van der Waals surface area contributed by atoms with Gasteiger partial charge in [-0.15, -0.1) is 0 Å². The molecule has 1 heterocycles. The van der Waals surface area contributed by atoms with Crippen molar-refractivity contribution in [3.8, 4) is 11.1 Å². The first kappa shape index (κ1) is 23.8. The summed E-state index contributed by atoms with van der Waals surface area (Å²) in [5, 5.41) is 12.5. The second-order valence-electron chi connectivity index (χ2n) is 9.56. The maximum absolute atomic E-state index is 13.1. The molecule has 0 bridgehead atoms. The molecular weight excluding hydrogens is 432 g/mol. The number of carbonyl (C=O) groups excluding carboxylic acids is 2. The van der Waals surface area contributed by atoms with Crippen molar-refractivity contribution in [3.63, 3.8) is 0 Å². The SMILES string of the molecule is CC[C@@H](NC(=O)OCC1c2ccccc2-c2ccccc21)C(=O)N1CCC(C(=O)O)(C(C)C)C1. The minimum absolute atomic E-state index is 0.0604. The van der Waals surface area contributed by atoms with Crippen LogP contribution in [0.1, 0.15) is 50.7 Å². The van der Waals surface area contributed by atoms with Gasteiger partial charge in [0, 0.05) is 19.0 Å². The van der Waals surface area contributed by atoms with Crippen LogP contribution in [0.2, 0.25) is 0 Å². The van der Waals surface area contributed by atoms with Crippen molar-refractivity contribution in [3.05, 3.63) is 59.7 Å². The number of hydrogen-bond acceptors (Lipinski definition) is 4. The third kappa shape index (κ3) is 4.15. The molecule has 2 aliphatic rings. The number of likely N-dealkylation sites (tertiary alicyclic amines) is 1. The van der Waals surface area contributed by atoms with Crippen LogP contribution in [0.3, 0.4) is 0 Å². The number of nitrogens with one attached hydrogen (secondary N) is 1. The van der Waals surface area contributed by atoms with Gasteiger partial charge in [0.15, 0.2) is 0 Å². The number of benzene rings is 2. The lowest BCUT2D eigenvalue weighted by molar-refractivity contribution is -0.151. The standard InChI is InChI=1S/C27H32N2O5/c1-4-23(24(30)29-14-13-27(16-29,17(2)3)25(31)32)28-26(33)34-15-22-20-11-7-5-9-18(20)19-10-6-8-12-21(19)22/h5-12,17,22-23H,4,13-16H2,1-3H3,(H,28,33)(H,31,32)/t23-,27?/m1/s1. The summed E-state index contributed by atoms with van der Waals surface area (Å²) in [5.41, 5.74) is 3.59. The van der Waals surface area contributed by atoms with Gasteiger partial charge in [-0.05, 0) is 41.0 Å². The first-order valence-corrected chi connectivity index (χ1v) is 11.9. The number of carboxylic acid groups (broad SMARTS) is 1. The van der Waals surface area contributed by atoms with Crippen LogP contribution in [0.15, 0.2) is 48.5 Å². The summed E-state index contributed by atoms with van der Waals surface area (Å²) in [6.45, 7) is 6.25. The highest BCUT2D eigenvalue weighted by atomic mass is 16.5. The summed E-state index contributed by atoms with van der Waals surface area (Å²) in [7, 11) is 0. The number of amides is 2. The monoisotopic (exact) mass is 464 g/mol. The average molecular weight is 465 g/mol. The van der Waals surface area contributed by atoms with Gasteiger partial charge in [-0.2, -0.15) is 0 Å². The lowest BCUT2D eigenvalue weighted by Crippen LogP contribution is -2.49. The van der Waals surface area contributed by atoms with Gasteiger partial charge in [0.05, 0.1) is 5.41 Å². The van der Waals surface area contributed by atoms with Crippen LogP contribution in [0.4, 0.5) is 4.79 Å². The molecule has 0 spiro atoms. The zero-order valence-electron chi connectivity index (χ0n) is 19.9. The molecule has 0 saturated carbocycles. The van der Waals surface area contributed by atoms with E-state index in [1.54, 1.807) is 4.90 Å². The van der Waals surface area contributed by atoms with E-state index >= 15 is 0 Å². The fourth-order valence-corrected chi connectivity index (χ4v) is 5.26. The number of alkyl carbamates (subject to hydrolysis) is 1. The predicted octanol–water partition coefficient (Wildman–Crippen LogP) is 4.26. The highest BCUT2D eigenvalue weighted by Crippen LogP contribution is 2.44. The molecule has 4 rings (SSSR count). The van der Waals surface area contributed by atoms with Crippen molar-refractivity contribution in [2.75, 3.05) is 19.7 Å². The number of carbonyl (C=O) groups is 3. The second-order valence-corrected chi connectivity index (χ2v) is 9.56. The van der Waals surface area contributed by atoms with Crippen molar-refractivity contribution in [2.45, 2.75) is 45.6 Å². The highest BCUT2D eigenvalue weighted by Gasteiger charge is 2.49. The van der Waals surface area contributed by atoms with Gasteiger partial charge in [-0.1, -0.05) is 69.3 Å². The van der Waals surface area contributed by atoms with Crippen LogP contribution in [0.25, 0.3) is 11.1 Å². The molecule has 2 aromatic carbocycles. The predicted molar refractivity (Wildman–Crippen MR) is 128 cm³/mol. The van der Waals surface area contributed by atoms with Crippen LogP contribution in [-0.4, -0.2) is 53.7 Å². The van der Waals surface area contributed by atoms with E-state index in [1.807, 2.05) is 45.0 Å². The average Bonchev–Trinajstić information content (AvgIpc) is 3.42. The van der Waals surface area contributed by atoms with Gasteiger partial charge in [0.2, 0.25) is 5.91 Å². The number of ether oxygens (including phenoxy) is 1. The Morgan fingerprint density at radius 3 is 2.18 bits per heavy atom. The van der Waals surface area contributed by atoms with Crippen molar-refractivity contribution < 1.29 is 24.2 Å². The van der Waals surface area contributed by atoms with E-state index in [9.17, 15) is 19.5 Å². The smallest absolute Gasteiger partial charge is 0.407 e. The first-order valence-electron chi connectivity index (χ1n) is 11.9. The van der Waals surface area contributed by atoms with Gasteiger partial charge in [0.25, 0.3) is 0 Å². The molecular formula is C27H32N2O5. The maximum atomic E-state index is 13.1. The Bertz CT molecular complexity index is 1050. The Hall–Kier alpha value is -3.35. The lowest BCUT2D eigenvalue weighted by atomic mass is 9.76. The van der Waals surface area contributed by atoms with E-state index in [0.717, 1.165) is 22.3 Å². The van der Waals surface area contributed by atoms with Gasteiger partial charge in [0.1, 0.15) is 12.6 Å². The zero-order chi connectivity index (χ0) is 24.5. The molecule has 180 valence electrons. The highest BCUT2D eigenvalue weighted by molar-refractivity contribution is 5.87. The Morgan fingerprint density at radius 2 is 1.68 bits per heavy atom. The molecule has 7 heteroatoms. The molecule has 2 amide bonds. The van der Waals surface area contributed by atoms with E-state index in [-0.39, 0.29) is 30.9 Å². The van der Waals surface area contributed by atoms with E-state index in [4.69, 9.17) is 4.74 Å². The fraction of sp³-hybridized carbons (Fsp3) is 0.444. The number of rotatable bonds is 7. The summed E-state index contributed by atoms with van der Waals surface area (Å²) in [5.74, 6) is -1.30. The molecule has 1 aliphatic heterocycles. The van der Waals surface area contributed by atoms with Crippen molar-refractivity contribution >= 4 is 18.0 Å². The van der Waals surface area contributed by atoms with Crippen molar-refractivity contribution in [1.29, 1.82) is 0 Å². The van der Waals surface area contributed by atoms with Crippen LogP contribution in [-0.2, 0) is 14.3 Å². The Balaban J connectivity index is 1.39. The summed E-state index contributed by atoms with van der Waals surface area (Å²) >= 11 is 0. The molecule has 2 N–H and O–H groups in total. The van der Waals surface area contributed by atoms with Crippen molar-refractivity contribution in [1.82, 2.24) is 10.2 Å². The molecule has 1 saturated heterocycles. The molecule has 1 aliphatic carbocycles. The molecule has 7 nitrogen and oxygen atoms in total. The van der Waals surface area contributed by atoms with Gasteiger partial charge < -0.3 is 20.1 Å². The minimum Gasteiger partial charge on any atom is -0.481 e. The minimum atomic E-state index is -0.947. The fourth-order valence-electron chi connectivity index (χ4n) is 5.26. The van der Waals surface area contributed by atoms with Gasteiger partial charge in [-0.25, -0.2) is 4.79 Å². The van der Waals surface area contributed by atoms with Gasteiger partial charge in [-0.3, -0.25) is 9.59 Å². The Labute approximate surface area is 200 Å². The van der Waals surface area contributed by atoms with E-state index < -0.39 is 23.5 Å². The largest absolute Gasteiger partial charge is 0.481 e. The molecule has 0 radical (unpaired) electrons. The summed E-state index contributed by atoms with van der Waals surface area (Å²) in [6.07, 6.45) is 0.156. The molecule has 1 fully saturated rings.